The van der Waals surface area contributed by atoms with Gasteiger partial charge in [0.05, 0.1) is 16.6 Å². The fraction of sp³-hybridized carbons (Fsp3) is 0.500. The molecule has 110 valence electrons. The van der Waals surface area contributed by atoms with Gasteiger partial charge in [-0.25, -0.2) is 9.78 Å². The first-order valence-corrected chi connectivity index (χ1v) is 7.57. The molecule has 5 nitrogen and oxygen atoms in total. The van der Waals surface area contributed by atoms with E-state index in [9.17, 15) is 9.90 Å². The van der Waals surface area contributed by atoms with Crippen LogP contribution in [0.2, 0.25) is 0 Å². The number of aromatic carboxylic acids is 1. The van der Waals surface area contributed by atoms with Crippen LogP contribution >= 0.6 is 0 Å². The molecule has 0 spiro atoms. The van der Waals surface area contributed by atoms with Gasteiger partial charge in [-0.2, -0.15) is 0 Å². The van der Waals surface area contributed by atoms with E-state index in [4.69, 9.17) is 4.98 Å². The topological polar surface area (TPSA) is 58.4 Å². The molecule has 2 fully saturated rings. The third kappa shape index (κ3) is 2.12. The summed E-state index contributed by atoms with van der Waals surface area (Å²) in [7, 11) is 2.14. The zero-order chi connectivity index (χ0) is 14.6. The standard InChI is InChI=1S/C16H19N3O2/c1-18-7-6-12(9-18)19-14-8-11(16(20)21)4-5-13(14)17-15(19)10-2-3-10/h4-5,8,10,12H,2-3,6-7,9H2,1H3,(H,20,21). The molecule has 1 N–H and O–H groups in total. The highest BCUT2D eigenvalue weighted by atomic mass is 16.4. The number of carboxylic acid groups (broad SMARTS) is 1. The highest BCUT2D eigenvalue weighted by Crippen LogP contribution is 2.42. The van der Waals surface area contributed by atoms with Crippen molar-refractivity contribution < 1.29 is 9.90 Å². The van der Waals surface area contributed by atoms with E-state index in [-0.39, 0.29) is 0 Å². The number of likely N-dealkylation sites (N-methyl/N-ethyl adjacent to an activating group) is 1. The molecule has 1 aromatic heterocycles. The Kier molecular flexibility index (Phi) is 2.79. The minimum Gasteiger partial charge on any atom is -0.478 e. The molecule has 1 saturated carbocycles. The maximum absolute atomic E-state index is 11.2. The first kappa shape index (κ1) is 12.8. The van der Waals surface area contributed by atoms with Gasteiger partial charge in [-0.05, 0) is 51.1 Å². The number of hydrogen-bond donors (Lipinski definition) is 1. The van der Waals surface area contributed by atoms with Crippen LogP contribution in [-0.2, 0) is 0 Å². The Balaban J connectivity index is 1.89. The zero-order valence-corrected chi connectivity index (χ0v) is 12.1. The van der Waals surface area contributed by atoms with Gasteiger partial charge in [-0.15, -0.1) is 0 Å². The average Bonchev–Trinajstić information content (AvgIpc) is 3.11. The fourth-order valence-corrected chi connectivity index (χ4v) is 3.38. The van der Waals surface area contributed by atoms with E-state index in [1.165, 1.54) is 12.8 Å². The van der Waals surface area contributed by atoms with Crippen molar-refractivity contribution >= 4 is 17.0 Å². The summed E-state index contributed by atoms with van der Waals surface area (Å²) in [6.07, 6.45) is 3.52. The first-order valence-electron chi connectivity index (χ1n) is 7.57. The third-order valence-corrected chi connectivity index (χ3v) is 4.64. The molecule has 1 saturated heterocycles. The number of rotatable bonds is 3. The van der Waals surface area contributed by atoms with Gasteiger partial charge in [0.2, 0.25) is 0 Å². The Morgan fingerprint density at radius 1 is 1.33 bits per heavy atom. The van der Waals surface area contributed by atoms with Crippen molar-refractivity contribution in [2.24, 2.45) is 0 Å². The molecular formula is C16H19N3O2. The van der Waals surface area contributed by atoms with Crippen molar-refractivity contribution in [2.75, 3.05) is 20.1 Å². The predicted molar refractivity (Wildman–Crippen MR) is 79.8 cm³/mol. The fourth-order valence-electron chi connectivity index (χ4n) is 3.38. The van der Waals surface area contributed by atoms with E-state index in [0.29, 0.717) is 17.5 Å². The minimum atomic E-state index is -0.874. The molecule has 2 aromatic rings. The Hall–Kier alpha value is -1.88. The molecule has 1 atom stereocenters. The van der Waals surface area contributed by atoms with Gasteiger partial charge in [0, 0.05) is 18.5 Å². The van der Waals surface area contributed by atoms with Crippen LogP contribution in [-0.4, -0.2) is 45.7 Å². The molecule has 0 bridgehead atoms. The normalized spacial score (nSPS) is 23.0. The van der Waals surface area contributed by atoms with Crippen molar-refractivity contribution in [3.05, 3.63) is 29.6 Å². The minimum absolute atomic E-state index is 0.345. The summed E-state index contributed by atoms with van der Waals surface area (Å²) in [6.45, 7) is 2.11. The molecular weight excluding hydrogens is 266 g/mol. The first-order chi connectivity index (χ1) is 10.1. The summed E-state index contributed by atoms with van der Waals surface area (Å²) in [5.74, 6) is 0.852. The molecule has 21 heavy (non-hydrogen) atoms. The van der Waals surface area contributed by atoms with Crippen molar-refractivity contribution in [3.8, 4) is 0 Å². The number of benzene rings is 1. The quantitative estimate of drug-likeness (QED) is 0.941. The average molecular weight is 285 g/mol. The summed E-state index contributed by atoms with van der Waals surface area (Å²) in [5.41, 5.74) is 2.26. The summed E-state index contributed by atoms with van der Waals surface area (Å²) in [6, 6.07) is 5.70. The summed E-state index contributed by atoms with van der Waals surface area (Å²) >= 11 is 0. The second kappa shape index (κ2) is 4.56. The number of likely N-dealkylation sites (tertiary alicyclic amines) is 1. The number of fused-ring (bicyclic) bond motifs is 1. The van der Waals surface area contributed by atoms with Crippen molar-refractivity contribution in [1.82, 2.24) is 14.5 Å². The lowest BCUT2D eigenvalue weighted by Gasteiger charge is -2.17. The Bertz CT molecular complexity index is 718. The van der Waals surface area contributed by atoms with Crippen LogP contribution in [0, 0.1) is 0 Å². The largest absolute Gasteiger partial charge is 0.478 e. The van der Waals surface area contributed by atoms with Crippen LogP contribution in [0.5, 0.6) is 0 Å². The number of nitrogens with zero attached hydrogens (tertiary/aromatic N) is 3. The number of imidazole rings is 1. The molecule has 0 radical (unpaired) electrons. The highest BCUT2D eigenvalue weighted by molar-refractivity contribution is 5.92. The molecule has 2 heterocycles. The SMILES string of the molecule is CN1CCC(n2c(C3CC3)nc3ccc(C(=O)O)cc32)C1. The predicted octanol–water partition coefficient (Wildman–Crippen LogP) is 2.49. The molecule has 5 heteroatoms. The van der Waals surface area contributed by atoms with Crippen LogP contribution in [0.4, 0.5) is 0 Å². The van der Waals surface area contributed by atoms with Crippen LogP contribution in [0.25, 0.3) is 11.0 Å². The Labute approximate surface area is 123 Å². The molecule has 1 aliphatic carbocycles. The Morgan fingerprint density at radius 3 is 2.76 bits per heavy atom. The molecule has 1 aromatic carbocycles. The van der Waals surface area contributed by atoms with Crippen LogP contribution < -0.4 is 0 Å². The van der Waals surface area contributed by atoms with Gasteiger partial charge in [-0.3, -0.25) is 0 Å². The van der Waals surface area contributed by atoms with Gasteiger partial charge in [-0.1, -0.05) is 0 Å². The number of aromatic nitrogens is 2. The van der Waals surface area contributed by atoms with E-state index in [0.717, 1.165) is 36.4 Å². The van der Waals surface area contributed by atoms with Gasteiger partial charge in [0.15, 0.2) is 0 Å². The second-order valence-corrected chi connectivity index (χ2v) is 6.33. The maximum atomic E-state index is 11.2. The zero-order valence-electron chi connectivity index (χ0n) is 12.1. The summed E-state index contributed by atoms with van der Waals surface area (Å²) in [4.78, 5) is 18.4. The monoisotopic (exact) mass is 285 g/mol. The molecule has 0 amide bonds. The molecule has 4 rings (SSSR count). The smallest absolute Gasteiger partial charge is 0.335 e. The lowest BCUT2D eigenvalue weighted by molar-refractivity contribution is 0.0697. The summed E-state index contributed by atoms with van der Waals surface area (Å²) in [5, 5.41) is 9.23. The van der Waals surface area contributed by atoms with E-state index in [1.807, 2.05) is 6.07 Å². The van der Waals surface area contributed by atoms with Gasteiger partial charge in [0.1, 0.15) is 5.82 Å². The van der Waals surface area contributed by atoms with Crippen molar-refractivity contribution in [1.29, 1.82) is 0 Å². The lowest BCUT2D eigenvalue weighted by Crippen LogP contribution is -2.17. The Morgan fingerprint density at radius 2 is 2.14 bits per heavy atom. The van der Waals surface area contributed by atoms with E-state index >= 15 is 0 Å². The van der Waals surface area contributed by atoms with Gasteiger partial charge >= 0.3 is 5.97 Å². The molecule has 1 unspecified atom stereocenters. The molecule has 2 aliphatic rings. The summed E-state index contributed by atoms with van der Waals surface area (Å²) < 4.78 is 2.32. The second-order valence-electron chi connectivity index (χ2n) is 6.33. The van der Waals surface area contributed by atoms with Crippen molar-refractivity contribution in [2.45, 2.75) is 31.2 Å². The number of carboxylic acids is 1. The van der Waals surface area contributed by atoms with Gasteiger partial charge in [0.25, 0.3) is 0 Å². The molecule has 1 aliphatic heterocycles. The van der Waals surface area contributed by atoms with E-state index in [2.05, 4.69) is 16.5 Å². The third-order valence-electron chi connectivity index (χ3n) is 4.64. The van der Waals surface area contributed by atoms with E-state index < -0.39 is 5.97 Å². The van der Waals surface area contributed by atoms with E-state index in [1.54, 1.807) is 12.1 Å². The lowest BCUT2D eigenvalue weighted by atomic mass is 10.2. The number of carbonyl (C=O) groups is 1. The highest BCUT2D eigenvalue weighted by Gasteiger charge is 2.33. The maximum Gasteiger partial charge on any atom is 0.335 e. The van der Waals surface area contributed by atoms with Gasteiger partial charge < -0.3 is 14.6 Å². The van der Waals surface area contributed by atoms with Crippen LogP contribution in [0.15, 0.2) is 18.2 Å². The van der Waals surface area contributed by atoms with Crippen LogP contribution in [0.1, 0.15) is 47.4 Å². The number of hydrogen-bond acceptors (Lipinski definition) is 3. The van der Waals surface area contributed by atoms with Crippen molar-refractivity contribution in [3.63, 3.8) is 0 Å². The van der Waals surface area contributed by atoms with Crippen LogP contribution in [0.3, 0.4) is 0 Å².